The van der Waals surface area contributed by atoms with Crippen LogP contribution in [0.4, 0.5) is 5.69 Å². The number of aliphatic imine (C=N–C) groups is 1. The Labute approximate surface area is 171 Å². The van der Waals surface area contributed by atoms with Gasteiger partial charge in [0.2, 0.25) is 5.96 Å². The number of halogens is 1. The predicted molar refractivity (Wildman–Crippen MR) is 114 cm³/mol. The van der Waals surface area contributed by atoms with Gasteiger partial charge in [-0.05, 0) is 74.6 Å². The van der Waals surface area contributed by atoms with Crippen molar-refractivity contribution in [1.82, 2.24) is 5.32 Å². The third-order valence-electron chi connectivity index (χ3n) is 5.00. The predicted octanol–water partition coefficient (Wildman–Crippen LogP) is 4.64. The minimum absolute atomic E-state index is 0.0933. The van der Waals surface area contributed by atoms with Crippen LogP contribution in [0.3, 0.4) is 0 Å². The van der Waals surface area contributed by atoms with Crippen molar-refractivity contribution in [2.75, 3.05) is 18.5 Å². The van der Waals surface area contributed by atoms with Crippen molar-refractivity contribution in [1.29, 1.82) is 0 Å². The zero-order valence-electron chi connectivity index (χ0n) is 16.5. The summed E-state index contributed by atoms with van der Waals surface area (Å²) in [5.41, 5.74) is 4.52. The molecule has 0 bridgehead atoms. The lowest BCUT2D eigenvalue weighted by Crippen LogP contribution is -2.37. The van der Waals surface area contributed by atoms with Crippen molar-refractivity contribution < 1.29 is 9.53 Å². The number of guanidine groups is 1. The van der Waals surface area contributed by atoms with Crippen molar-refractivity contribution in [3.05, 3.63) is 63.7 Å². The fourth-order valence-electron chi connectivity index (χ4n) is 3.02. The highest BCUT2D eigenvalue weighted by molar-refractivity contribution is 6.31. The van der Waals surface area contributed by atoms with Crippen LogP contribution in [0.15, 0.2) is 41.4 Å². The number of aryl methyl sites for hydroxylation is 2. The first-order chi connectivity index (χ1) is 13.4. The smallest absolute Gasteiger partial charge is 0.257 e. The molecule has 1 atom stereocenters. The van der Waals surface area contributed by atoms with Gasteiger partial charge in [0.15, 0.2) is 0 Å². The summed E-state index contributed by atoms with van der Waals surface area (Å²) in [6.45, 7) is 7.20. The minimum Gasteiger partial charge on any atom is -0.376 e. The van der Waals surface area contributed by atoms with E-state index in [-0.39, 0.29) is 12.0 Å². The molecule has 5 nitrogen and oxygen atoms in total. The summed E-state index contributed by atoms with van der Waals surface area (Å²) in [5.74, 6) is 0.186. The second-order valence-electron chi connectivity index (χ2n) is 7.11. The molecule has 1 amide bonds. The minimum atomic E-state index is -0.207. The molecule has 28 heavy (non-hydrogen) atoms. The Morgan fingerprint density at radius 2 is 2.04 bits per heavy atom. The van der Waals surface area contributed by atoms with Gasteiger partial charge in [-0.25, -0.2) is 4.99 Å². The van der Waals surface area contributed by atoms with Gasteiger partial charge in [0, 0.05) is 22.9 Å². The number of benzene rings is 2. The van der Waals surface area contributed by atoms with E-state index in [2.05, 4.69) is 15.6 Å². The number of nitrogens with zero attached hydrogens (tertiary/aromatic N) is 1. The summed E-state index contributed by atoms with van der Waals surface area (Å²) in [4.78, 5) is 17.4. The van der Waals surface area contributed by atoms with Gasteiger partial charge in [0.1, 0.15) is 0 Å². The van der Waals surface area contributed by atoms with Crippen LogP contribution in [-0.2, 0) is 4.74 Å². The van der Waals surface area contributed by atoms with Crippen LogP contribution in [0.5, 0.6) is 0 Å². The Morgan fingerprint density at radius 3 is 2.75 bits per heavy atom. The number of rotatable bonds is 4. The van der Waals surface area contributed by atoms with Crippen molar-refractivity contribution in [3.8, 4) is 0 Å². The van der Waals surface area contributed by atoms with E-state index in [1.165, 1.54) is 0 Å². The second kappa shape index (κ2) is 9.22. The third kappa shape index (κ3) is 5.12. The lowest BCUT2D eigenvalue weighted by Gasteiger charge is -2.15. The number of carbonyl (C=O) groups excluding carboxylic acids is 1. The van der Waals surface area contributed by atoms with Crippen LogP contribution in [-0.4, -0.2) is 31.1 Å². The number of hydrogen-bond acceptors (Lipinski definition) is 3. The van der Waals surface area contributed by atoms with E-state index in [1.54, 1.807) is 0 Å². The Morgan fingerprint density at radius 1 is 1.21 bits per heavy atom. The standard InChI is InChI=1S/C22H26ClN3O2/c1-14-9-10-17(12-15(14)2)21(27)26-22(24-13-18-6-5-11-28-18)25-20-8-4-7-19(23)16(20)3/h4,7-10,12,18H,5-6,11,13H2,1-3H3,(H2,24,25,26,27). The molecule has 3 rings (SSSR count). The average Bonchev–Trinajstić information content (AvgIpc) is 3.19. The number of nitrogens with one attached hydrogen (secondary N) is 2. The summed E-state index contributed by atoms with van der Waals surface area (Å²) >= 11 is 6.22. The fourth-order valence-corrected chi connectivity index (χ4v) is 3.20. The van der Waals surface area contributed by atoms with Gasteiger partial charge < -0.3 is 10.1 Å². The first-order valence-electron chi connectivity index (χ1n) is 9.51. The Balaban J connectivity index is 1.80. The van der Waals surface area contributed by atoms with Gasteiger partial charge in [-0.15, -0.1) is 0 Å². The summed E-state index contributed by atoms with van der Waals surface area (Å²) in [6.07, 6.45) is 2.12. The maximum Gasteiger partial charge on any atom is 0.257 e. The van der Waals surface area contributed by atoms with Gasteiger partial charge in [0.25, 0.3) is 5.91 Å². The molecule has 6 heteroatoms. The maximum absolute atomic E-state index is 12.8. The van der Waals surface area contributed by atoms with E-state index in [4.69, 9.17) is 16.3 Å². The van der Waals surface area contributed by atoms with Gasteiger partial charge in [0.05, 0.1) is 12.6 Å². The van der Waals surface area contributed by atoms with E-state index in [9.17, 15) is 4.79 Å². The molecular weight excluding hydrogens is 374 g/mol. The molecular formula is C22H26ClN3O2. The highest BCUT2D eigenvalue weighted by atomic mass is 35.5. The zero-order chi connectivity index (χ0) is 20.1. The van der Waals surface area contributed by atoms with Crippen molar-refractivity contribution in [2.24, 2.45) is 4.99 Å². The van der Waals surface area contributed by atoms with Crippen LogP contribution < -0.4 is 10.6 Å². The molecule has 2 N–H and O–H groups in total. The number of hydrogen-bond donors (Lipinski definition) is 2. The molecule has 1 fully saturated rings. The Kier molecular flexibility index (Phi) is 6.70. The Bertz CT molecular complexity index is 889. The summed E-state index contributed by atoms with van der Waals surface area (Å²) < 4.78 is 5.65. The van der Waals surface area contributed by atoms with Crippen LogP contribution >= 0.6 is 11.6 Å². The highest BCUT2D eigenvalue weighted by Crippen LogP contribution is 2.23. The lowest BCUT2D eigenvalue weighted by molar-refractivity contribution is 0.0975. The quantitative estimate of drug-likeness (QED) is 0.581. The van der Waals surface area contributed by atoms with Crippen molar-refractivity contribution >= 4 is 29.2 Å². The molecule has 1 aliphatic heterocycles. The number of anilines is 1. The van der Waals surface area contributed by atoms with Crippen molar-refractivity contribution in [3.63, 3.8) is 0 Å². The van der Waals surface area contributed by atoms with Gasteiger partial charge in [-0.1, -0.05) is 23.7 Å². The molecule has 0 spiro atoms. The number of amides is 1. The van der Waals surface area contributed by atoms with E-state index < -0.39 is 0 Å². The van der Waals surface area contributed by atoms with Crippen LogP contribution in [0, 0.1) is 20.8 Å². The normalized spacial score (nSPS) is 16.9. The third-order valence-corrected chi connectivity index (χ3v) is 5.41. The molecule has 1 saturated heterocycles. The van der Waals surface area contributed by atoms with Crippen molar-refractivity contribution in [2.45, 2.75) is 39.7 Å². The molecule has 2 aromatic rings. The van der Waals surface area contributed by atoms with E-state index in [0.29, 0.717) is 23.1 Å². The Hall–Kier alpha value is -2.37. The number of carbonyl (C=O) groups is 1. The monoisotopic (exact) mass is 399 g/mol. The fraction of sp³-hybridized carbons (Fsp3) is 0.364. The molecule has 0 aliphatic carbocycles. The second-order valence-corrected chi connectivity index (χ2v) is 7.52. The molecule has 0 saturated carbocycles. The summed E-state index contributed by atoms with van der Waals surface area (Å²) in [5, 5.41) is 6.77. The zero-order valence-corrected chi connectivity index (χ0v) is 17.3. The highest BCUT2D eigenvalue weighted by Gasteiger charge is 2.17. The summed E-state index contributed by atoms with van der Waals surface area (Å²) in [6, 6.07) is 11.2. The van der Waals surface area contributed by atoms with Gasteiger partial charge >= 0.3 is 0 Å². The number of ether oxygens (including phenoxy) is 1. The molecule has 0 aromatic heterocycles. The first kappa shape index (κ1) is 20.4. The molecule has 1 heterocycles. The molecule has 1 unspecified atom stereocenters. The van der Waals surface area contributed by atoms with Crippen LogP contribution in [0.25, 0.3) is 0 Å². The first-order valence-corrected chi connectivity index (χ1v) is 9.88. The molecule has 0 radical (unpaired) electrons. The van der Waals surface area contributed by atoms with Gasteiger partial charge in [-0.2, -0.15) is 0 Å². The van der Waals surface area contributed by atoms with Crippen LogP contribution in [0.1, 0.15) is 39.9 Å². The molecule has 2 aromatic carbocycles. The topological polar surface area (TPSA) is 62.7 Å². The largest absolute Gasteiger partial charge is 0.376 e. The summed E-state index contributed by atoms with van der Waals surface area (Å²) in [7, 11) is 0. The van der Waals surface area contributed by atoms with Crippen LogP contribution in [0.2, 0.25) is 5.02 Å². The van der Waals surface area contributed by atoms with E-state index in [1.807, 2.05) is 57.2 Å². The molecule has 148 valence electrons. The van der Waals surface area contributed by atoms with E-state index in [0.717, 1.165) is 41.8 Å². The maximum atomic E-state index is 12.8. The lowest BCUT2D eigenvalue weighted by atomic mass is 10.1. The van der Waals surface area contributed by atoms with Gasteiger partial charge in [-0.3, -0.25) is 10.1 Å². The molecule has 1 aliphatic rings. The van der Waals surface area contributed by atoms with E-state index >= 15 is 0 Å². The average molecular weight is 400 g/mol. The SMILES string of the molecule is Cc1ccc(C(=O)NC(=NCC2CCCO2)Nc2cccc(Cl)c2C)cc1C.